The van der Waals surface area contributed by atoms with E-state index in [-0.39, 0.29) is 6.61 Å². The zero-order chi connectivity index (χ0) is 12.8. The molecule has 5 nitrogen and oxygen atoms in total. The van der Waals surface area contributed by atoms with Crippen LogP contribution in [0.4, 0.5) is 0 Å². The van der Waals surface area contributed by atoms with Gasteiger partial charge in [0.05, 0.1) is 6.61 Å². The maximum absolute atomic E-state index is 11.8. The molecular formula is C13H14O5. The summed E-state index contributed by atoms with van der Waals surface area (Å²) in [6.07, 6.45) is -1.82. The van der Waals surface area contributed by atoms with Crippen molar-refractivity contribution in [3.05, 3.63) is 35.9 Å². The van der Waals surface area contributed by atoms with Crippen molar-refractivity contribution in [2.45, 2.75) is 31.0 Å². The van der Waals surface area contributed by atoms with Gasteiger partial charge in [0.15, 0.2) is 18.0 Å². The molecule has 0 saturated carbocycles. The van der Waals surface area contributed by atoms with Gasteiger partial charge >= 0.3 is 5.97 Å². The topological polar surface area (TPSA) is 65.0 Å². The third-order valence-corrected chi connectivity index (χ3v) is 3.42. The SMILES string of the molecule is C[C@@]12O[C@@H](c3ccccc3)O[C@@H]1[C@@H](CO)OC2=O. The first kappa shape index (κ1) is 11.6. The Morgan fingerprint density at radius 1 is 1.33 bits per heavy atom. The van der Waals surface area contributed by atoms with E-state index < -0.39 is 30.1 Å². The average molecular weight is 250 g/mol. The molecule has 96 valence electrons. The summed E-state index contributed by atoms with van der Waals surface area (Å²) in [7, 11) is 0. The van der Waals surface area contributed by atoms with Crippen LogP contribution in [0.2, 0.25) is 0 Å². The number of hydrogen-bond acceptors (Lipinski definition) is 5. The summed E-state index contributed by atoms with van der Waals surface area (Å²) in [6, 6.07) is 9.38. The van der Waals surface area contributed by atoms with Crippen molar-refractivity contribution >= 4 is 5.97 Å². The van der Waals surface area contributed by atoms with Crippen molar-refractivity contribution in [3.63, 3.8) is 0 Å². The van der Waals surface area contributed by atoms with Crippen LogP contribution in [0.1, 0.15) is 18.8 Å². The monoisotopic (exact) mass is 250 g/mol. The van der Waals surface area contributed by atoms with Crippen LogP contribution in [-0.4, -0.2) is 35.5 Å². The summed E-state index contributed by atoms with van der Waals surface area (Å²) in [4.78, 5) is 11.8. The lowest BCUT2D eigenvalue weighted by molar-refractivity contribution is -0.172. The predicted octanol–water partition coefficient (Wildman–Crippen LogP) is 0.777. The van der Waals surface area contributed by atoms with Crippen LogP contribution in [0.5, 0.6) is 0 Å². The molecule has 4 atom stereocenters. The van der Waals surface area contributed by atoms with Crippen LogP contribution in [0.15, 0.2) is 30.3 Å². The minimum Gasteiger partial charge on any atom is -0.455 e. The van der Waals surface area contributed by atoms with E-state index in [0.29, 0.717) is 0 Å². The lowest BCUT2D eigenvalue weighted by Gasteiger charge is -2.16. The van der Waals surface area contributed by atoms with Gasteiger partial charge in [-0.25, -0.2) is 4.79 Å². The molecule has 18 heavy (non-hydrogen) atoms. The molecule has 0 spiro atoms. The zero-order valence-electron chi connectivity index (χ0n) is 9.91. The second-order valence-corrected chi connectivity index (χ2v) is 4.65. The number of esters is 1. The number of carbonyl (C=O) groups excluding carboxylic acids is 1. The molecule has 2 aliphatic heterocycles. The predicted molar refractivity (Wildman–Crippen MR) is 60.5 cm³/mol. The second kappa shape index (κ2) is 4.05. The van der Waals surface area contributed by atoms with Crippen LogP contribution >= 0.6 is 0 Å². The lowest BCUT2D eigenvalue weighted by atomic mass is 9.99. The van der Waals surface area contributed by atoms with Crippen molar-refractivity contribution < 1.29 is 24.1 Å². The summed E-state index contributed by atoms with van der Waals surface area (Å²) in [5, 5.41) is 9.19. The van der Waals surface area contributed by atoms with Gasteiger partial charge in [-0.2, -0.15) is 0 Å². The van der Waals surface area contributed by atoms with E-state index in [0.717, 1.165) is 5.56 Å². The molecule has 0 aliphatic carbocycles. The zero-order valence-corrected chi connectivity index (χ0v) is 9.91. The number of cyclic esters (lactones) is 1. The van der Waals surface area contributed by atoms with E-state index in [1.54, 1.807) is 6.92 Å². The number of carbonyl (C=O) groups is 1. The number of aliphatic hydroxyl groups is 1. The molecule has 0 radical (unpaired) electrons. The molecule has 1 aromatic rings. The first-order valence-corrected chi connectivity index (χ1v) is 5.85. The number of rotatable bonds is 2. The Bertz CT molecular complexity index is 460. The van der Waals surface area contributed by atoms with E-state index in [2.05, 4.69) is 0 Å². The third kappa shape index (κ3) is 1.55. The van der Waals surface area contributed by atoms with E-state index in [4.69, 9.17) is 14.2 Å². The molecule has 1 aromatic carbocycles. The number of fused-ring (bicyclic) bond motifs is 1. The van der Waals surface area contributed by atoms with Crippen molar-refractivity contribution in [3.8, 4) is 0 Å². The Hall–Kier alpha value is -1.43. The molecule has 1 N–H and O–H groups in total. The first-order chi connectivity index (χ1) is 8.65. The van der Waals surface area contributed by atoms with E-state index >= 15 is 0 Å². The molecule has 0 bridgehead atoms. The standard InChI is InChI=1S/C13H14O5/c1-13-10(9(7-14)16-12(13)15)17-11(18-13)8-5-3-2-4-6-8/h2-6,9-11,14H,7H2,1H3/t9-,10-,11+,13-/m1/s1. The van der Waals surface area contributed by atoms with Crippen molar-refractivity contribution in [2.24, 2.45) is 0 Å². The van der Waals surface area contributed by atoms with Crippen LogP contribution in [-0.2, 0) is 19.0 Å². The fourth-order valence-corrected chi connectivity index (χ4v) is 2.39. The lowest BCUT2D eigenvalue weighted by Crippen LogP contribution is -2.41. The van der Waals surface area contributed by atoms with E-state index in [9.17, 15) is 9.90 Å². The van der Waals surface area contributed by atoms with Gasteiger partial charge in [-0.15, -0.1) is 0 Å². The van der Waals surface area contributed by atoms with Gasteiger partial charge in [0, 0.05) is 5.56 Å². The fraction of sp³-hybridized carbons (Fsp3) is 0.462. The summed E-state index contributed by atoms with van der Waals surface area (Å²) >= 11 is 0. The number of aliphatic hydroxyl groups excluding tert-OH is 1. The summed E-state index contributed by atoms with van der Waals surface area (Å²) in [5.74, 6) is -0.481. The van der Waals surface area contributed by atoms with Gasteiger partial charge in [-0.1, -0.05) is 30.3 Å². The Morgan fingerprint density at radius 2 is 2.06 bits per heavy atom. The summed E-state index contributed by atoms with van der Waals surface area (Å²) in [5.41, 5.74) is -0.286. The van der Waals surface area contributed by atoms with Crippen molar-refractivity contribution in [1.29, 1.82) is 0 Å². The first-order valence-electron chi connectivity index (χ1n) is 5.85. The molecule has 0 unspecified atom stereocenters. The molecule has 2 saturated heterocycles. The molecule has 2 aliphatic rings. The van der Waals surface area contributed by atoms with Gasteiger partial charge in [-0.3, -0.25) is 0 Å². The van der Waals surface area contributed by atoms with Crippen LogP contribution in [0.3, 0.4) is 0 Å². The van der Waals surface area contributed by atoms with Crippen LogP contribution in [0.25, 0.3) is 0 Å². The Balaban J connectivity index is 1.88. The second-order valence-electron chi connectivity index (χ2n) is 4.65. The quantitative estimate of drug-likeness (QED) is 0.786. The molecule has 2 fully saturated rings. The highest BCUT2D eigenvalue weighted by molar-refractivity contribution is 5.83. The summed E-state index contributed by atoms with van der Waals surface area (Å²) in [6.45, 7) is 1.37. The van der Waals surface area contributed by atoms with Crippen molar-refractivity contribution in [2.75, 3.05) is 6.61 Å². The summed E-state index contributed by atoms with van der Waals surface area (Å²) < 4.78 is 16.4. The highest BCUT2D eigenvalue weighted by Gasteiger charge is 2.62. The molecule has 2 heterocycles. The van der Waals surface area contributed by atoms with Gasteiger partial charge in [0.2, 0.25) is 0 Å². The highest BCUT2D eigenvalue weighted by atomic mass is 16.8. The van der Waals surface area contributed by atoms with E-state index in [1.807, 2.05) is 30.3 Å². The van der Waals surface area contributed by atoms with Gasteiger partial charge in [-0.05, 0) is 6.92 Å². The number of hydrogen-bond donors (Lipinski definition) is 1. The maximum Gasteiger partial charge on any atom is 0.341 e. The highest BCUT2D eigenvalue weighted by Crippen LogP contribution is 2.44. The molecule has 0 aromatic heterocycles. The van der Waals surface area contributed by atoms with E-state index in [1.165, 1.54) is 0 Å². The molecule has 0 amide bonds. The maximum atomic E-state index is 11.8. The average Bonchev–Trinajstić information content (AvgIpc) is 2.85. The Morgan fingerprint density at radius 3 is 2.72 bits per heavy atom. The van der Waals surface area contributed by atoms with Gasteiger partial charge < -0.3 is 19.3 Å². The molecular weight excluding hydrogens is 236 g/mol. The Kier molecular flexibility index (Phi) is 2.62. The van der Waals surface area contributed by atoms with Crippen LogP contribution in [0, 0.1) is 0 Å². The smallest absolute Gasteiger partial charge is 0.341 e. The Labute approximate surface area is 104 Å². The largest absolute Gasteiger partial charge is 0.455 e. The van der Waals surface area contributed by atoms with Crippen molar-refractivity contribution in [1.82, 2.24) is 0 Å². The molecule has 5 heteroatoms. The normalized spacial score (nSPS) is 38.6. The fourth-order valence-electron chi connectivity index (χ4n) is 2.39. The third-order valence-electron chi connectivity index (χ3n) is 3.42. The van der Waals surface area contributed by atoms with Gasteiger partial charge in [0.25, 0.3) is 0 Å². The number of ether oxygens (including phenoxy) is 3. The minimum atomic E-state index is -1.13. The minimum absolute atomic E-state index is 0.267. The number of benzene rings is 1. The van der Waals surface area contributed by atoms with Gasteiger partial charge in [0.1, 0.15) is 6.10 Å². The van der Waals surface area contributed by atoms with Crippen LogP contribution < -0.4 is 0 Å². The molecule has 3 rings (SSSR count).